The molecule has 2 saturated heterocycles. The molecule has 2 atom stereocenters. The summed E-state index contributed by atoms with van der Waals surface area (Å²) in [6, 6.07) is 18.3. The van der Waals surface area contributed by atoms with Gasteiger partial charge in [-0.15, -0.1) is 0 Å². The van der Waals surface area contributed by atoms with Gasteiger partial charge >= 0.3 is 0 Å². The van der Waals surface area contributed by atoms with Gasteiger partial charge in [0.15, 0.2) is 0 Å². The minimum atomic E-state index is 0.413. The normalized spacial score (nSPS) is 21.8. The Kier molecular flexibility index (Phi) is 9.46. The van der Waals surface area contributed by atoms with E-state index in [4.69, 9.17) is 4.74 Å². The van der Waals surface area contributed by atoms with E-state index in [1.807, 2.05) is 7.05 Å². The number of ether oxygens (including phenoxy) is 1. The molecule has 0 saturated carbocycles. The molecule has 0 aliphatic carbocycles. The fourth-order valence-corrected chi connectivity index (χ4v) is 5.61. The summed E-state index contributed by atoms with van der Waals surface area (Å²) in [6.45, 7) is 7.28. The number of nitrogens with zero attached hydrogens (tertiary/aromatic N) is 1. The predicted molar refractivity (Wildman–Crippen MR) is 142 cm³/mol. The first-order chi connectivity index (χ1) is 16.8. The molecule has 2 aromatic carbocycles. The summed E-state index contributed by atoms with van der Waals surface area (Å²) in [7, 11) is 2.01. The average molecular weight is 462 g/mol. The molecule has 34 heavy (non-hydrogen) atoms. The summed E-state index contributed by atoms with van der Waals surface area (Å²) >= 11 is 0. The van der Waals surface area contributed by atoms with Crippen LogP contribution in [0.4, 0.5) is 0 Å². The van der Waals surface area contributed by atoms with Crippen molar-refractivity contribution in [2.45, 2.75) is 70.4 Å². The molecule has 4 heteroatoms. The van der Waals surface area contributed by atoms with Gasteiger partial charge in [-0.1, -0.05) is 48.9 Å². The van der Waals surface area contributed by atoms with Gasteiger partial charge in [-0.2, -0.15) is 0 Å². The van der Waals surface area contributed by atoms with E-state index in [0.717, 1.165) is 31.9 Å². The highest BCUT2D eigenvalue weighted by molar-refractivity contribution is 5.31. The van der Waals surface area contributed by atoms with Gasteiger partial charge in [0.25, 0.3) is 0 Å². The molecule has 0 radical (unpaired) electrons. The lowest BCUT2D eigenvalue weighted by Crippen LogP contribution is -2.26. The second-order valence-electron chi connectivity index (χ2n) is 9.84. The zero-order chi connectivity index (χ0) is 23.6. The molecule has 2 aliphatic rings. The Morgan fingerprint density at radius 2 is 1.85 bits per heavy atom. The van der Waals surface area contributed by atoms with Crippen molar-refractivity contribution in [3.05, 3.63) is 77.0 Å². The lowest BCUT2D eigenvalue weighted by Gasteiger charge is -2.27. The summed E-state index contributed by atoms with van der Waals surface area (Å²) in [6.07, 6.45) is 10.7. The minimum Gasteiger partial charge on any atom is -0.493 e. The molecule has 4 nitrogen and oxygen atoms in total. The zero-order valence-electron chi connectivity index (χ0n) is 21.2. The molecule has 184 valence electrons. The maximum Gasteiger partial charge on any atom is 0.119 e. The SMILES string of the molecule is C/C=C(\CCOc1cccc(C2CCCC(c3cccc(CNC)c3)CCN2)c1)N1CCCC1. The van der Waals surface area contributed by atoms with Gasteiger partial charge in [0.05, 0.1) is 6.61 Å². The number of rotatable bonds is 9. The van der Waals surface area contributed by atoms with E-state index in [1.165, 1.54) is 74.0 Å². The molecule has 0 bridgehead atoms. The lowest BCUT2D eigenvalue weighted by molar-refractivity contribution is 0.297. The highest BCUT2D eigenvalue weighted by Crippen LogP contribution is 2.32. The third kappa shape index (κ3) is 6.86. The van der Waals surface area contributed by atoms with Crippen LogP contribution in [-0.4, -0.2) is 38.2 Å². The van der Waals surface area contributed by atoms with Crippen molar-refractivity contribution < 1.29 is 4.74 Å². The second kappa shape index (κ2) is 13.0. The van der Waals surface area contributed by atoms with E-state index in [1.54, 1.807) is 0 Å². The quantitative estimate of drug-likeness (QED) is 0.469. The van der Waals surface area contributed by atoms with Gasteiger partial charge in [-0.05, 0) is 87.4 Å². The van der Waals surface area contributed by atoms with E-state index >= 15 is 0 Å². The largest absolute Gasteiger partial charge is 0.493 e. The first-order valence-corrected chi connectivity index (χ1v) is 13.4. The molecule has 2 fully saturated rings. The van der Waals surface area contributed by atoms with Gasteiger partial charge in [-0.25, -0.2) is 0 Å². The summed E-state index contributed by atoms with van der Waals surface area (Å²) < 4.78 is 6.19. The van der Waals surface area contributed by atoms with Gasteiger partial charge in [0.2, 0.25) is 0 Å². The van der Waals surface area contributed by atoms with E-state index in [0.29, 0.717) is 12.0 Å². The fraction of sp³-hybridized carbons (Fsp3) is 0.533. The van der Waals surface area contributed by atoms with Crippen LogP contribution in [0.5, 0.6) is 5.75 Å². The van der Waals surface area contributed by atoms with Crippen LogP contribution in [0, 0.1) is 0 Å². The van der Waals surface area contributed by atoms with Crippen LogP contribution in [0.15, 0.2) is 60.3 Å². The van der Waals surface area contributed by atoms with Crippen molar-refractivity contribution in [2.75, 3.05) is 33.3 Å². The van der Waals surface area contributed by atoms with Gasteiger partial charge in [0.1, 0.15) is 5.75 Å². The molecule has 0 aromatic heterocycles. The Labute approximate surface area is 206 Å². The fourth-order valence-electron chi connectivity index (χ4n) is 5.61. The maximum absolute atomic E-state index is 6.19. The van der Waals surface area contributed by atoms with Gasteiger partial charge in [0, 0.05) is 37.8 Å². The first kappa shape index (κ1) is 24.8. The van der Waals surface area contributed by atoms with Crippen molar-refractivity contribution in [2.24, 2.45) is 0 Å². The van der Waals surface area contributed by atoms with E-state index in [-0.39, 0.29) is 0 Å². The number of benzene rings is 2. The molecular formula is C30H43N3O. The van der Waals surface area contributed by atoms with Crippen LogP contribution in [0.2, 0.25) is 0 Å². The predicted octanol–water partition coefficient (Wildman–Crippen LogP) is 6.16. The molecule has 0 amide bonds. The molecule has 2 aliphatic heterocycles. The average Bonchev–Trinajstić information content (AvgIpc) is 3.37. The minimum absolute atomic E-state index is 0.413. The van der Waals surface area contributed by atoms with Crippen molar-refractivity contribution in [1.82, 2.24) is 15.5 Å². The zero-order valence-corrected chi connectivity index (χ0v) is 21.2. The van der Waals surface area contributed by atoms with Gasteiger partial charge in [-0.3, -0.25) is 0 Å². The second-order valence-corrected chi connectivity index (χ2v) is 9.84. The monoisotopic (exact) mass is 461 g/mol. The molecule has 2 unspecified atom stereocenters. The molecule has 2 aromatic rings. The number of nitrogens with one attached hydrogen (secondary N) is 2. The lowest BCUT2D eigenvalue weighted by atomic mass is 9.86. The van der Waals surface area contributed by atoms with Crippen LogP contribution in [0.3, 0.4) is 0 Å². The van der Waals surface area contributed by atoms with Crippen LogP contribution in [0.25, 0.3) is 0 Å². The molecule has 2 N–H and O–H groups in total. The van der Waals surface area contributed by atoms with Crippen LogP contribution >= 0.6 is 0 Å². The maximum atomic E-state index is 6.19. The van der Waals surface area contributed by atoms with Crippen LogP contribution in [0.1, 0.15) is 80.5 Å². The molecule has 2 heterocycles. The third-order valence-corrected chi connectivity index (χ3v) is 7.47. The molecule has 4 rings (SSSR count). The summed E-state index contributed by atoms with van der Waals surface area (Å²) in [5, 5.41) is 7.11. The Morgan fingerprint density at radius 1 is 1.03 bits per heavy atom. The number of hydrogen-bond acceptors (Lipinski definition) is 4. The Morgan fingerprint density at radius 3 is 2.68 bits per heavy atom. The molecular weight excluding hydrogens is 418 g/mol. The highest BCUT2D eigenvalue weighted by Gasteiger charge is 2.20. The topological polar surface area (TPSA) is 36.5 Å². The Bertz CT molecular complexity index is 909. The van der Waals surface area contributed by atoms with Crippen molar-refractivity contribution >= 4 is 0 Å². The van der Waals surface area contributed by atoms with E-state index < -0.39 is 0 Å². The third-order valence-electron chi connectivity index (χ3n) is 7.47. The summed E-state index contributed by atoms with van der Waals surface area (Å²) in [5.74, 6) is 1.65. The first-order valence-electron chi connectivity index (χ1n) is 13.4. The number of allylic oxidation sites excluding steroid dienone is 1. The standard InChI is InChI=1S/C30H43N3O/c1-3-28(33-18-4-5-19-33)16-20-34-29-13-7-12-27(22-29)30-14-8-10-25(15-17-32-30)26-11-6-9-24(21-26)23-31-2/h3,6-7,9,11-13,21-22,25,30-32H,4-5,8,10,14-20,23H2,1-2H3/b28-3+. The summed E-state index contributed by atoms with van der Waals surface area (Å²) in [4.78, 5) is 2.52. The van der Waals surface area contributed by atoms with Crippen molar-refractivity contribution in [3.63, 3.8) is 0 Å². The molecule has 0 spiro atoms. The van der Waals surface area contributed by atoms with E-state index in [2.05, 4.69) is 77.1 Å². The number of likely N-dealkylation sites (tertiary alicyclic amines) is 1. The Balaban J connectivity index is 1.29. The van der Waals surface area contributed by atoms with Crippen LogP contribution < -0.4 is 15.4 Å². The van der Waals surface area contributed by atoms with Crippen LogP contribution in [-0.2, 0) is 6.54 Å². The smallest absolute Gasteiger partial charge is 0.119 e. The van der Waals surface area contributed by atoms with E-state index in [9.17, 15) is 0 Å². The van der Waals surface area contributed by atoms with Crippen molar-refractivity contribution in [1.29, 1.82) is 0 Å². The number of hydrogen-bond donors (Lipinski definition) is 2. The van der Waals surface area contributed by atoms with Gasteiger partial charge < -0.3 is 20.3 Å². The van der Waals surface area contributed by atoms with Crippen molar-refractivity contribution in [3.8, 4) is 5.75 Å². The highest BCUT2D eigenvalue weighted by atomic mass is 16.5. The Hall–Kier alpha value is -2.30. The summed E-state index contributed by atoms with van der Waals surface area (Å²) in [5.41, 5.74) is 5.67.